The first-order valence-corrected chi connectivity index (χ1v) is 4.38. The molecule has 0 saturated heterocycles. The van der Waals surface area contributed by atoms with Crippen molar-refractivity contribution in [1.82, 2.24) is 0 Å². The van der Waals surface area contributed by atoms with Crippen molar-refractivity contribution in [2.75, 3.05) is 0 Å². The summed E-state index contributed by atoms with van der Waals surface area (Å²) in [6.07, 6.45) is 1.91. The van der Waals surface area contributed by atoms with Gasteiger partial charge in [0.25, 0.3) is 0 Å². The Morgan fingerprint density at radius 2 is 2.08 bits per heavy atom. The first-order valence-electron chi connectivity index (χ1n) is 3.93. The standard InChI is InChI=1S/C9H11NOS/c10-9(3-4-9)7-5-6(12)1-2-8(7)11/h1-2,5,11-12H,3-4,10H2. The minimum atomic E-state index is -0.275. The van der Waals surface area contributed by atoms with Gasteiger partial charge in [-0.1, -0.05) is 0 Å². The Hall–Kier alpha value is -0.670. The van der Waals surface area contributed by atoms with Crippen LogP contribution in [0.2, 0.25) is 0 Å². The van der Waals surface area contributed by atoms with E-state index in [1.54, 1.807) is 12.1 Å². The Morgan fingerprint density at radius 1 is 1.42 bits per heavy atom. The van der Waals surface area contributed by atoms with Crippen LogP contribution >= 0.6 is 12.6 Å². The predicted octanol–water partition coefficient (Wildman–Crippen LogP) is 1.63. The van der Waals surface area contributed by atoms with Crippen LogP contribution in [-0.2, 0) is 5.54 Å². The van der Waals surface area contributed by atoms with E-state index >= 15 is 0 Å². The van der Waals surface area contributed by atoms with E-state index in [-0.39, 0.29) is 11.3 Å². The first-order chi connectivity index (χ1) is 5.62. The number of rotatable bonds is 1. The SMILES string of the molecule is NC1(c2cc(S)ccc2O)CC1. The molecule has 0 spiro atoms. The van der Waals surface area contributed by atoms with E-state index in [2.05, 4.69) is 12.6 Å². The number of hydrogen-bond acceptors (Lipinski definition) is 3. The number of phenolic OH excluding ortho intramolecular Hbond substituents is 1. The molecule has 64 valence electrons. The third-order valence-electron chi connectivity index (χ3n) is 2.31. The maximum absolute atomic E-state index is 9.50. The van der Waals surface area contributed by atoms with Crippen LogP contribution in [0.1, 0.15) is 18.4 Å². The van der Waals surface area contributed by atoms with Crippen LogP contribution in [-0.4, -0.2) is 5.11 Å². The molecule has 3 N–H and O–H groups in total. The molecule has 1 aromatic carbocycles. The number of aromatic hydroxyl groups is 1. The Balaban J connectivity index is 2.48. The van der Waals surface area contributed by atoms with Crippen molar-refractivity contribution in [3.05, 3.63) is 23.8 Å². The summed E-state index contributed by atoms with van der Waals surface area (Å²) in [6.45, 7) is 0. The zero-order valence-corrected chi connectivity index (χ0v) is 7.51. The molecule has 0 aromatic heterocycles. The second-order valence-electron chi connectivity index (χ2n) is 3.36. The van der Waals surface area contributed by atoms with Crippen molar-refractivity contribution >= 4 is 12.6 Å². The molecule has 1 fully saturated rings. The molecule has 2 rings (SSSR count). The lowest BCUT2D eigenvalue weighted by Gasteiger charge is -2.11. The highest BCUT2D eigenvalue weighted by atomic mass is 32.1. The molecular formula is C9H11NOS. The van der Waals surface area contributed by atoms with Gasteiger partial charge in [-0.25, -0.2) is 0 Å². The lowest BCUT2D eigenvalue weighted by atomic mass is 10.1. The van der Waals surface area contributed by atoms with Crippen LogP contribution in [0.4, 0.5) is 0 Å². The zero-order chi connectivity index (χ0) is 8.77. The molecule has 0 atom stereocenters. The van der Waals surface area contributed by atoms with Crippen molar-refractivity contribution in [1.29, 1.82) is 0 Å². The monoisotopic (exact) mass is 181 g/mol. The highest BCUT2D eigenvalue weighted by Crippen LogP contribution is 2.46. The van der Waals surface area contributed by atoms with Gasteiger partial charge in [0.1, 0.15) is 5.75 Å². The molecule has 1 saturated carbocycles. The van der Waals surface area contributed by atoms with Gasteiger partial charge in [0.15, 0.2) is 0 Å². The predicted molar refractivity (Wildman–Crippen MR) is 50.5 cm³/mol. The minimum absolute atomic E-state index is 0.275. The molecule has 2 nitrogen and oxygen atoms in total. The molecule has 12 heavy (non-hydrogen) atoms. The Bertz CT molecular complexity index is 320. The van der Waals surface area contributed by atoms with Gasteiger partial charge in [-0.3, -0.25) is 0 Å². The first kappa shape index (κ1) is 7.95. The van der Waals surface area contributed by atoms with Crippen LogP contribution in [0, 0.1) is 0 Å². The van der Waals surface area contributed by atoms with Crippen LogP contribution in [0.25, 0.3) is 0 Å². The summed E-state index contributed by atoms with van der Waals surface area (Å²) in [5.41, 5.74) is 6.50. The highest BCUT2D eigenvalue weighted by molar-refractivity contribution is 7.80. The third kappa shape index (κ3) is 1.19. The molecule has 0 bridgehead atoms. The van der Waals surface area contributed by atoms with Crippen LogP contribution < -0.4 is 5.73 Å². The van der Waals surface area contributed by atoms with Gasteiger partial charge in [-0.15, -0.1) is 12.6 Å². The van der Waals surface area contributed by atoms with Crippen molar-refractivity contribution in [2.24, 2.45) is 5.73 Å². The van der Waals surface area contributed by atoms with Crippen molar-refractivity contribution in [3.63, 3.8) is 0 Å². The van der Waals surface area contributed by atoms with Gasteiger partial charge >= 0.3 is 0 Å². The molecule has 0 radical (unpaired) electrons. The summed E-state index contributed by atoms with van der Waals surface area (Å²) in [6, 6.07) is 5.24. The summed E-state index contributed by atoms with van der Waals surface area (Å²) in [7, 11) is 0. The van der Waals surface area contributed by atoms with Gasteiger partial charge in [0.2, 0.25) is 0 Å². The highest BCUT2D eigenvalue weighted by Gasteiger charge is 2.41. The largest absolute Gasteiger partial charge is 0.508 e. The Labute approximate surface area is 76.8 Å². The number of phenols is 1. The molecule has 1 aromatic rings. The van der Waals surface area contributed by atoms with Gasteiger partial charge in [-0.05, 0) is 31.0 Å². The molecule has 0 unspecified atom stereocenters. The maximum Gasteiger partial charge on any atom is 0.120 e. The lowest BCUT2D eigenvalue weighted by molar-refractivity contribution is 0.459. The molecule has 0 amide bonds. The van der Waals surface area contributed by atoms with Crippen molar-refractivity contribution in [3.8, 4) is 5.75 Å². The van der Waals surface area contributed by atoms with Crippen LogP contribution in [0.5, 0.6) is 5.75 Å². The molecule has 0 heterocycles. The minimum Gasteiger partial charge on any atom is -0.508 e. The number of thiol groups is 1. The van der Waals surface area contributed by atoms with E-state index in [1.165, 1.54) is 0 Å². The van der Waals surface area contributed by atoms with Gasteiger partial charge in [-0.2, -0.15) is 0 Å². The van der Waals surface area contributed by atoms with Crippen molar-refractivity contribution < 1.29 is 5.11 Å². The fraction of sp³-hybridized carbons (Fsp3) is 0.333. The average Bonchev–Trinajstić information content (AvgIpc) is 2.75. The normalized spacial score (nSPS) is 19.2. The summed E-state index contributed by atoms with van der Waals surface area (Å²) in [5.74, 6) is 0.285. The summed E-state index contributed by atoms with van der Waals surface area (Å²) in [4.78, 5) is 0.847. The summed E-state index contributed by atoms with van der Waals surface area (Å²) < 4.78 is 0. The second-order valence-corrected chi connectivity index (χ2v) is 3.87. The van der Waals surface area contributed by atoms with E-state index < -0.39 is 0 Å². The van der Waals surface area contributed by atoms with Gasteiger partial charge < -0.3 is 10.8 Å². The summed E-state index contributed by atoms with van der Waals surface area (Å²) >= 11 is 4.19. The van der Waals surface area contributed by atoms with E-state index in [4.69, 9.17) is 5.73 Å². The van der Waals surface area contributed by atoms with Gasteiger partial charge in [0, 0.05) is 16.0 Å². The maximum atomic E-state index is 9.50. The third-order valence-corrected chi connectivity index (χ3v) is 2.58. The van der Waals surface area contributed by atoms with E-state index in [1.807, 2.05) is 6.07 Å². The quantitative estimate of drug-likeness (QED) is 0.577. The number of benzene rings is 1. The molecule has 1 aliphatic rings. The zero-order valence-electron chi connectivity index (χ0n) is 6.62. The molecule has 0 aliphatic heterocycles. The smallest absolute Gasteiger partial charge is 0.120 e. The number of nitrogens with two attached hydrogens (primary N) is 1. The average molecular weight is 181 g/mol. The second kappa shape index (κ2) is 2.41. The molecule has 3 heteroatoms. The summed E-state index contributed by atoms with van der Waals surface area (Å²) in [5, 5.41) is 9.50. The Morgan fingerprint density at radius 3 is 2.67 bits per heavy atom. The van der Waals surface area contributed by atoms with Gasteiger partial charge in [0.05, 0.1) is 0 Å². The van der Waals surface area contributed by atoms with Crippen LogP contribution in [0.15, 0.2) is 23.1 Å². The topological polar surface area (TPSA) is 46.2 Å². The fourth-order valence-corrected chi connectivity index (χ4v) is 1.53. The molecular weight excluding hydrogens is 170 g/mol. The van der Waals surface area contributed by atoms with Crippen molar-refractivity contribution in [2.45, 2.75) is 23.3 Å². The fourth-order valence-electron chi connectivity index (χ4n) is 1.33. The van der Waals surface area contributed by atoms with E-state index in [9.17, 15) is 5.11 Å². The van der Waals surface area contributed by atoms with E-state index in [0.29, 0.717) is 0 Å². The van der Waals surface area contributed by atoms with Crippen LogP contribution in [0.3, 0.4) is 0 Å². The molecule has 1 aliphatic carbocycles. The van der Waals surface area contributed by atoms with E-state index in [0.717, 1.165) is 23.3 Å². The lowest BCUT2D eigenvalue weighted by Crippen LogP contribution is -2.18. The number of hydrogen-bond donors (Lipinski definition) is 3. The Kier molecular flexibility index (Phi) is 1.59.